The average Bonchev–Trinajstić information content (AvgIpc) is 2.33. The van der Waals surface area contributed by atoms with Crippen LogP contribution in [0.2, 0.25) is 19.6 Å². The Hall–Kier alpha value is -1.46. The molecular formula is C16H22OSi. The van der Waals surface area contributed by atoms with Crippen LogP contribution in [0.25, 0.3) is 0 Å². The molecule has 1 nitrogen and oxygen atoms in total. The van der Waals surface area contributed by atoms with E-state index in [0.29, 0.717) is 0 Å². The van der Waals surface area contributed by atoms with E-state index in [4.69, 9.17) is 4.74 Å². The first-order valence-electron chi connectivity index (χ1n) is 6.27. The van der Waals surface area contributed by atoms with Crippen LogP contribution in [0.5, 0.6) is 5.75 Å². The summed E-state index contributed by atoms with van der Waals surface area (Å²) in [5.41, 5.74) is 5.79. The van der Waals surface area contributed by atoms with E-state index in [0.717, 1.165) is 24.2 Å². The number of rotatable bonds is 4. The zero-order valence-corrected chi connectivity index (χ0v) is 12.8. The van der Waals surface area contributed by atoms with Crippen molar-refractivity contribution in [1.29, 1.82) is 0 Å². The summed E-state index contributed by atoms with van der Waals surface area (Å²) in [6.07, 6.45) is 3.88. The lowest BCUT2D eigenvalue weighted by Crippen LogP contribution is -2.16. The van der Waals surface area contributed by atoms with Crippen molar-refractivity contribution in [3.63, 3.8) is 0 Å². The van der Waals surface area contributed by atoms with Crippen molar-refractivity contribution in [3.05, 3.63) is 42.0 Å². The van der Waals surface area contributed by atoms with Crippen molar-refractivity contribution in [2.24, 2.45) is 0 Å². The van der Waals surface area contributed by atoms with Gasteiger partial charge >= 0.3 is 0 Å². The van der Waals surface area contributed by atoms with Crippen molar-refractivity contribution < 1.29 is 4.74 Å². The van der Waals surface area contributed by atoms with Crippen LogP contribution in [0, 0.1) is 11.5 Å². The highest BCUT2D eigenvalue weighted by Crippen LogP contribution is 2.19. The maximum atomic E-state index is 5.27. The summed E-state index contributed by atoms with van der Waals surface area (Å²) in [7, 11) is 0.366. The third-order valence-corrected chi connectivity index (χ3v) is 3.38. The average molecular weight is 258 g/mol. The predicted molar refractivity (Wildman–Crippen MR) is 81.7 cm³/mol. The van der Waals surface area contributed by atoms with Gasteiger partial charge in [0.15, 0.2) is 0 Å². The van der Waals surface area contributed by atoms with Crippen LogP contribution in [-0.2, 0) is 6.42 Å². The maximum Gasteiger partial charge on any atom is 0.129 e. The summed E-state index contributed by atoms with van der Waals surface area (Å²) in [6, 6.07) is 6.12. The van der Waals surface area contributed by atoms with Gasteiger partial charge in [0.25, 0.3) is 0 Å². The Kier molecular flexibility index (Phi) is 5.24. The fourth-order valence-corrected chi connectivity index (χ4v) is 2.05. The molecule has 0 spiro atoms. The number of hydrogen-bond donors (Lipinski definition) is 0. The molecule has 0 amide bonds. The lowest BCUT2D eigenvalue weighted by molar-refractivity contribution is 0.414. The van der Waals surface area contributed by atoms with Gasteiger partial charge in [0.1, 0.15) is 13.8 Å². The van der Waals surface area contributed by atoms with Crippen LogP contribution in [0.15, 0.2) is 30.9 Å². The minimum absolute atomic E-state index is 0.896. The molecular weight excluding hydrogens is 236 g/mol. The van der Waals surface area contributed by atoms with Crippen molar-refractivity contribution in [1.82, 2.24) is 0 Å². The van der Waals surface area contributed by atoms with Crippen LogP contribution >= 0.6 is 0 Å². The predicted octanol–water partition coefficient (Wildman–Crippen LogP) is 4.04. The number of aryl methyl sites for hydroxylation is 1. The molecule has 0 atom stereocenters. The topological polar surface area (TPSA) is 9.23 Å². The standard InChI is InChI=1S/C16H22OSi/c1-6-7-8-15-13-16(17-2)10-9-14(15)11-12-18(3,4)5/h6,9-10,13H,1,7-8H2,2-5H3. The minimum Gasteiger partial charge on any atom is -0.497 e. The number of methoxy groups -OCH3 is 1. The van der Waals surface area contributed by atoms with Crippen LogP contribution in [0.3, 0.4) is 0 Å². The Morgan fingerprint density at radius 3 is 2.61 bits per heavy atom. The first-order chi connectivity index (χ1) is 8.46. The molecule has 0 saturated carbocycles. The summed E-state index contributed by atoms with van der Waals surface area (Å²) >= 11 is 0. The summed E-state index contributed by atoms with van der Waals surface area (Å²) in [5.74, 6) is 4.23. The van der Waals surface area contributed by atoms with E-state index in [9.17, 15) is 0 Å². The maximum absolute atomic E-state index is 5.27. The van der Waals surface area contributed by atoms with Gasteiger partial charge in [0.2, 0.25) is 0 Å². The van der Waals surface area contributed by atoms with Gasteiger partial charge in [0.05, 0.1) is 7.11 Å². The second kappa shape index (κ2) is 6.46. The van der Waals surface area contributed by atoms with E-state index in [1.54, 1.807) is 7.11 Å². The van der Waals surface area contributed by atoms with Gasteiger partial charge in [-0.1, -0.05) is 31.6 Å². The van der Waals surface area contributed by atoms with E-state index >= 15 is 0 Å². The molecule has 0 aliphatic heterocycles. The van der Waals surface area contributed by atoms with Gasteiger partial charge < -0.3 is 4.74 Å². The Labute approximate surface area is 112 Å². The minimum atomic E-state index is -1.33. The fourth-order valence-electron chi connectivity index (χ4n) is 1.54. The van der Waals surface area contributed by atoms with Crippen molar-refractivity contribution in [2.45, 2.75) is 32.5 Å². The smallest absolute Gasteiger partial charge is 0.129 e. The lowest BCUT2D eigenvalue weighted by atomic mass is 10.0. The quantitative estimate of drug-likeness (QED) is 0.450. The van der Waals surface area contributed by atoms with E-state index in [2.05, 4.69) is 49.8 Å². The summed E-state index contributed by atoms with van der Waals surface area (Å²) in [4.78, 5) is 0. The molecule has 1 aromatic rings. The highest BCUT2D eigenvalue weighted by molar-refractivity contribution is 6.83. The van der Waals surface area contributed by atoms with Gasteiger partial charge in [-0.25, -0.2) is 0 Å². The van der Waals surface area contributed by atoms with Gasteiger partial charge in [-0.05, 0) is 36.6 Å². The molecule has 0 aliphatic carbocycles. The number of allylic oxidation sites excluding steroid dienone is 1. The second-order valence-electron chi connectivity index (χ2n) is 5.35. The van der Waals surface area contributed by atoms with Crippen LogP contribution in [0.1, 0.15) is 17.5 Å². The first-order valence-corrected chi connectivity index (χ1v) is 9.77. The van der Waals surface area contributed by atoms with E-state index in [1.165, 1.54) is 5.56 Å². The normalized spacial score (nSPS) is 10.4. The van der Waals surface area contributed by atoms with Crippen LogP contribution in [0.4, 0.5) is 0 Å². The number of ether oxygens (including phenoxy) is 1. The largest absolute Gasteiger partial charge is 0.497 e. The SMILES string of the molecule is C=CCCc1cc(OC)ccc1C#C[Si](C)(C)C. The van der Waals surface area contributed by atoms with E-state index in [-0.39, 0.29) is 0 Å². The molecule has 96 valence electrons. The van der Waals surface area contributed by atoms with Crippen molar-refractivity contribution in [2.75, 3.05) is 7.11 Å². The summed E-state index contributed by atoms with van der Waals surface area (Å²) < 4.78 is 5.27. The van der Waals surface area contributed by atoms with E-state index < -0.39 is 8.07 Å². The van der Waals surface area contributed by atoms with Gasteiger partial charge in [-0.3, -0.25) is 0 Å². The molecule has 1 aromatic carbocycles. The zero-order chi connectivity index (χ0) is 13.6. The Balaban J connectivity index is 3.08. The molecule has 0 bridgehead atoms. The van der Waals surface area contributed by atoms with E-state index in [1.807, 2.05) is 12.1 Å². The molecule has 0 aliphatic rings. The molecule has 1 rings (SSSR count). The Morgan fingerprint density at radius 1 is 1.33 bits per heavy atom. The van der Waals surface area contributed by atoms with Crippen LogP contribution in [-0.4, -0.2) is 15.2 Å². The second-order valence-corrected chi connectivity index (χ2v) is 10.1. The summed E-state index contributed by atoms with van der Waals surface area (Å²) in [5, 5.41) is 0. The highest BCUT2D eigenvalue weighted by Gasteiger charge is 2.08. The fraction of sp³-hybridized carbons (Fsp3) is 0.375. The third kappa shape index (κ3) is 4.81. The molecule has 0 N–H and O–H groups in total. The lowest BCUT2D eigenvalue weighted by Gasteiger charge is -2.08. The van der Waals surface area contributed by atoms with Crippen molar-refractivity contribution in [3.8, 4) is 17.2 Å². The number of benzene rings is 1. The monoisotopic (exact) mass is 258 g/mol. The molecule has 0 saturated heterocycles. The molecule has 0 aromatic heterocycles. The first kappa shape index (κ1) is 14.6. The molecule has 0 radical (unpaired) electrons. The van der Waals surface area contributed by atoms with Gasteiger partial charge in [-0.2, -0.15) is 0 Å². The van der Waals surface area contributed by atoms with Crippen molar-refractivity contribution >= 4 is 8.07 Å². The van der Waals surface area contributed by atoms with Gasteiger partial charge in [-0.15, -0.1) is 12.1 Å². The third-order valence-electron chi connectivity index (χ3n) is 2.50. The highest BCUT2D eigenvalue weighted by atomic mass is 28.3. The molecule has 18 heavy (non-hydrogen) atoms. The Bertz CT molecular complexity index is 472. The number of hydrogen-bond acceptors (Lipinski definition) is 1. The van der Waals surface area contributed by atoms with Gasteiger partial charge in [0, 0.05) is 5.56 Å². The molecule has 2 heteroatoms. The Morgan fingerprint density at radius 2 is 2.06 bits per heavy atom. The molecule has 0 unspecified atom stereocenters. The zero-order valence-electron chi connectivity index (χ0n) is 11.8. The molecule has 0 fully saturated rings. The summed E-state index contributed by atoms with van der Waals surface area (Å²) in [6.45, 7) is 10.5. The molecule has 0 heterocycles. The van der Waals surface area contributed by atoms with Crippen LogP contribution < -0.4 is 4.74 Å².